The Bertz CT molecular complexity index is 557. The van der Waals surface area contributed by atoms with Crippen molar-refractivity contribution in [1.29, 1.82) is 0 Å². The van der Waals surface area contributed by atoms with Crippen LogP contribution in [-0.2, 0) is 13.0 Å². The lowest BCUT2D eigenvalue weighted by Crippen LogP contribution is -2.23. The molecule has 0 saturated carbocycles. The van der Waals surface area contributed by atoms with Crippen LogP contribution < -0.4 is 5.32 Å². The summed E-state index contributed by atoms with van der Waals surface area (Å²) in [5.41, 5.74) is 1.28. The number of halogens is 1. The first kappa shape index (κ1) is 13.5. The van der Waals surface area contributed by atoms with Crippen LogP contribution in [0.4, 0.5) is 0 Å². The van der Waals surface area contributed by atoms with Gasteiger partial charge >= 0.3 is 0 Å². The van der Waals surface area contributed by atoms with Gasteiger partial charge in [0.05, 0.1) is 6.54 Å². The molecule has 2 rings (SSSR count). The van der Waals surface area contributed by atoms with Gasteiger partial charge < -0.3 is 9.84 Å². The van der Waals surface area contributed by atoms with Crippen molar-refractivity contribution in [3.05, 3.63) is 40.8 Å². The van der Waals surface area contributed by atoms with E-state index < -0.39 is 0 Å². The van der Waals surface area contributed by atoms with Crippen molar-refractivity contribution in [2.24, 2.45) is 0 Å². The van der Waals surface area contributed by atoms with Gasteiger partial charge in [0.1, 0.15) is 5.15 Å². The number of hydrogen-bond acceptors (Lipinski definition) is 5. The molecule has 0 aliphatic rings. The van der Waals surface area contributed by atoms with Crippen LogP contribution in [0, 0.1) is 0 Å². The van der Waals surface area contributed by atoms with Gasteiger partial charge in [-0.25, -0.2) is 4.98 Å². The summed E-state index contributed by atoms with van der Waals surface area (Å²) < 4.78 is 4.58. The number of nitrogens with zero attached hydrogens (tertiary/aromatic N) is 3. The number of aromatic nitrogens is 3. The van der Waals surface area contributed by atoms with Crippen LogP contribution in [0.1, 0.15) is 35.2 Å². The number of carbonyl (C=O) groups is 1. The molecule has 0 aliphatic heterocycles. The van der Waals surface area contributed by atoms with Gasteiger partial charge in [-0.2, -0.15) is 4.98 Å². The fourth-order valence-corrected chi connectivity index (χ4v) is 1.82. The molecule has 0 unspecified atom stereocenters. The summed E-state index contributed by atoms with van der Waals surface area (Å²) in [6.45, 7) is 2.25. The van der Waals surface area contributed by atoms with Crippen LogP contribution in [0.25, 0.3) is 0 Å². The second-order valence-electron chi connectivity index (χ2n) is 3.95. The lowest BCUT2D eigenvalue weighted by atomic mass is 10.1. The van der Waals surface area contributed by atoms with E-state index in [1.54, 1.807) is 6.07 Å². The number of pyridine rings is 1. The Morgan fingerprint density at radius 3 is 3.00 bits per heavy atom. The van der Waals surface area contributed by atoms with Crippen LogP contribution in [0.15, 0.2) is 23.0 Å². The number of nitrogens with one attached hydrogen (secondary N) is 1. The van der Waals surface area contributed by atoms with Crippen molar-refractivity contribution in [2.45, 2.75) is 26.3 Å². The molecule has 2 aromatic rings. The molecule has 0 aliphatic carbocycles. The van der Waals surface area contributed by atoms with Crippen molar-refractivity contribution >= 4 is 17.5 Å². The SMILES string of the molecule is CCCc1cc(C(=O)NCc2ncon2)cc(Cl)n1. The van der Waals surface area contributed by atoms with E-state index in [2.05, 4.69) is 25.0 Å². The van der Waals surface area contributed by atoms with E-state index in [1.807, 2.05) is 6.92 Å². The maximum atomic E-state index is 12.0. The summed E-state index contributed by atoms with van der Waals surface area (Å²) in [5.74, 6) is 0.175. The Balaban J connectivity index is 2.05. The highest BCUT2D eigenvalue weighted by atomic mass is 35.5. The maximum Gasteiger partial charge on any atom is 0.251 e. The van der Waals surface area contributed by atoms with Crippen LogP contribution in [0.2, 0.25) is 5.15 Å². The van der Waals surface area contributed by atoms with Gasteiger partial charge in [-0.3, -0.25) is 4.79 Å². The molecule has 0 atom stereocenters. The zero-order valence-electron chi connectivity index (χ0n) is 10.4. The predicted molar refractivity (Wildman–Crippen MR) is 68.7 cm³/mol. The molecular weight excluding hydrogens is 268 g/mol. The first-order valence-corrected chi connectivity index (χ1v) is 6.26. The molecule has 0 spiro atoms. The second-order valence-corrected chi connectivity index (χ2v) is 4.34. The number of carbonyl (C=O) groups excluding carboxylic acids is 1. The van der Waals surface area contributed by atoms with Gasteiger partial charge in [0.15, 0.2) is 5.82 Å². The van der Waals surface area contributed by atoms with E-state index in [-0.39, 0.29) is 12.5 Å². The summed E-state index contributed by atoms with van der Waals surface area (Å²) in [6, 6.07) is 3.27. The normalized spacial score (nSPS) is 10.4. The minimum atomic E-state index is -0.244. The number of aryl methyl sites for hydroxylation is 1. The largest absolute Gasteiger partial charge is 0.345 e. The van der Waals surface area contributed by atoms with Gasteiger partial charge in [0, 0.05) is 11.3 Å². The van der Waals surface area contributed by atoms with E-state index in [4.69, 9.17) is 11.6 Å². The highest BCUT2D eigenvalue weighted by Gasteiger charge is 2.10. The lowest BCUT2D eigenvalue weighted by molar-refractivity contribution is 0.0949. The summed E-state index contributed by atoms with van der Waals surface area (Å²) in [6.07, 6.45) is 2.94. The Labute approximate surface area is 115 Å². The van der Waals surface area contributed by atoms with Crippen molar-refractivity contribution in [3.8, 4) is 0 Å². The van der Waals surface area contributed by atoms with Crippen LogP contribution in [0.5, 0.6) is 0 Å². The molecule has 1 N–H and O–H groups in total. The third-order valence-corrected chi connectivity index (χ3v) is 2.62. The predicted octanol–water partition coefficient (Wildman–Crippen LogP) is 2.00. The molecule has 1 amide bonds. The third kappa shape index (κ3) is 3.75. The smallest absolute Gasteiger partial charge is 0.251 e. The molecule has 100 valence electrons. The molecule has 7 heteroatoms. The molecule has 2 aromatic heterocycles. The number of hydrogen-bond donors (Lipinski definition) is 1. The van der Waals surface area contributed by atoms with Gasteiger partial charge in [-0.1, -0.05) is 30.1 Å². The van der Waals surface area contributed by atoms with E-state index in [1.165, 1.54) is 12.5 Å². The van der Waals surface area contributed by atoms with Crippen LogP contribution >= 0.6 is 11.6 Å². The van der Waals surface area contributed by atoms with Crippen molar-refractivity contribution in [3.63, 3.8) is 0 Å². The topological polar surface area (TPSA) is 80.9 Å². The highest BCUT2D eigenvalue weighted by molar-refractivity contribution is 6.29. The summed E-state index contributed by atoms with van der Waals surface area (Å²) in [7, 11) is 0. The summed E-state index contributed by atoms with van der Waals surface area (Å²) >= 11 is 5.90. The van der Waals surface area contributed by atoms with Gasteiger partial charge in [0.25, 0.3) is 5.91 Å². The zero-order valence-corrected chi connectivity index (χ0v) is 11.1. The lowest BCUT2D eigenvalue weighted by Gasteiger charge is -2.05. The Morgan fingerprint density at radius 2 is 2.32 bits per heavy atom. The van der Waals surface area contributed by atoms with Gasteiger partial charge in [0.2, 0.25) is 6.39 Å². The second kappa shape index (κ2) is 6.29. The van der Waals surface area contributed by atoms with Crippen LogP contribution in [0.3, 0.4) is 0 Å². The summed E-state index contributed by atoms with van der Waals surface area (Å²) in [4.78, 5) is 19.9. The third-order valence-electron chi connectivity index (χ3n) is 2.43. The average molecular weight is 281 g/mol. The Hall–Kier alpha value is -1.95. The standard InChI is InChI=1S/C12H13ClN4O2/c1-2-3-9-4-8(5-10(13)16-9)12(18)14-6-11-15-7-19-17-11/h4-5,7H,2-3,6H2,1H3,(H,14,18). The van der Waals surface area contributed by atoms with Crippen LogP contribution in [-0.4, -0.2) is 21.0 Å². The average Bonchev–Trinajstić information content (AvgIpc) is 2.88. The van der Waals surface area contributed by atoms with Gasteiger partial charge in [-0.15, -0.1) is 0 Å². The molecule has 0 bridgehead atoms. The minimum Gasteiger partial charge on any atom is -0.345 e. The Kier molecular flexibility index (Phi) is 4.46. The van der Waals surface area contributed by atoms with Crippen molar-refractivity contribution < 1.29 is 9.32 Å². The highest BCUT2D eigenvalue weighted by Crippen LogP contribution is 2.12. The van der Waals surface area contributed by atoms with E-state index in [0.29, 0.717) is 16.5 Å². The first-order valence-electron chi connectivity index (χ1n) is 5.89. The quantitative estimate of drug-likeness (QED) is 0.847. The molecule has 0 saturated heterocycles. The first-order chi connectivity index (χ1) is 9.19. The van der Waals surface area contributed by atoms with Gasteiger partial charge in [-0.05, 0) is 18.6 Å². The van der Waals surface area contributed by atoms with E-state index >= 15 is 0 Å². The Morgan fingerprint density at radius 1 is 1.47 bits per heavy atom. The molecule has 0 aromatic carbocycles. The fraction of sp³-hybridized carbons (Fsp3) is 0.333. The number of amides is 1. The molecule has 6 nitrogen and oxygen atoms in total. The molecular formula is C12H13ClN4O2. The molecule has 0 radical (unpaired) electrons. The molecule has 2 heterocycles. The monoisotopic (exact) mass is 280 g/mol. The summed E-state index contributed by atoms with van der Waals surface area (Å²) in [5, 5.41) is 6.61. The molecule has 0 fully saturated rings. The fourth-order valence-electron chi connectivity index (χ4n) is 1.60. The van der Waals surface area contributed by atoms with Crippen molar-refractivity contribution in [2.75, 3.05) is 0 Å². The maximum absolute atomic E-state index is 12.0. The van der Waals surface area contributed by atoms with E-state index in [0.717, 1.165) is 18.5 Å². The van der Waals surface area contributed by atoms with E-state index in [9.17, 15) is 4.79 Å². The zero-order chi connectivity index (χ0) is 13.7. The van der Waals surface area contributed by atoms with Crippen molar-refractivity contribution in [1.82, 2.24) is 20.4 Å². The number of rotatable bonds is 5. The minimum absolute atomic E-state index is 0.207. The molecule has 19 heavy (non-hydrogen) atoms.